The van der Waals surface area contributed by atoms with E-state index in [0.29, 0.717) is 18.7 Å². The lowest BCUT2D eigenvalue weighted by atomic mass is 10.1. The Labute approximate surface area is 119 Å². The van der Waals surface area contributed by atoms with Gasteiger partial charge in [-0.05, 0) is 25.0 Å². The van der Waals surface area contributed by atoms with E-state index >= 15 is 0 Å². The zero-order chi connectivity index (χ0) is 14.4. The molecule has 112 valence electrons. The molecule has 1 fully saturated rings. The lowest BCUT2D eigenvalue weighted by molar-refractivity contribution is 0.0644. The van der Waals surface area contributed by atoms with E-state index < -0.39 is 6.10 Å². The Hall–Kier alpha value is -1.17. The number of rotatable bonds is 7. The Morgan fingerprint density at radius 2 is 2.15 bits per heavy atom. The molecule has 1 saturated heterocycles. The van der Waals surface area contributed by atoms with Gasteiger partial charge in [-0.1, -0.05) is 6.07 Å². The third kappa shape index (κ3) is 3.91. The summed E-state index contributed by atoms with van der Waals surface area (Å²) in [5, 5.41) is 12.7. The highest BCUT2D eigenvalue weighted by Gasteiger charge is 2.18. The average molecular weight is 282 g/mol. The summed E-state index contributed by atoms with van der Waals surface area (Å²) in [4.78, 5) is 2.23. The van der Waals surface area contributed by atoms with E-state index in [9.17, 15) is 9.50 Å². The molecule has 1 aliphatic rings. The first-order valence-electron chi connectivity index (χ1n) is 7.12. The van der Waals surface area contributed by atoms with E-state index in [-0.39, 0.29) is 12.4 Å². The topological polar surface area (TPSA) is 44.7 Å². The van der Waals surface area contributed by atoms with Gasteiger partial charge in [0, 0.05) is 44.5 Å². The van der Waals surface area contributed by atoms with Crippen molar-refractivity contribution in [2.24, 2.45) is 0 Å². The molecule has 4 nitrogen and oxygen atoms in total. The lowest BCUT2D eigenvalue weighted by Crippen LogP contribution is -2.30. The molecule has 1 heterocycles. The molecule has 2 rings (SSSR count). The van der Waals surface area contributed by atoms with Crippen molar-refractivity contribution in [2.75, 3.05) is 38.3 Å². The molecule has 20 heavy (non-hydrogen) atoms. The van der Waals surface area contributed by atoms with Gasteiger partial charge in [-0.3, -0.25) is 0 Å². The quantitative estimate of drug-likeness (QED) is 0.796. The number of aliphatic hydroxyl groups excluding tert-OH is 1. The van der Waals surface area contributed by atoms with Crippen LogP contribution in [0, 0.1) is 5.82 Å². The molecular weight excluding hydrogens is 259 g/mol. The summed E-state index contributed by atoms with van der Waals surface area (Å²) in [6.45, 7) is 3.07. The number of anilines is 1. The predicted molar refractivity (Wildman–Crippen MR) is 77.4 cm³/mol. The fourth-order valence-corrected chi connectivity index (χ4v) is 2.59. The highest BCUT2D eigenvalue weighted by atomic mass is 19.1. The summed E-state index contributed by atoms with van der Waals surface area (Å²) in [5.41, 5.74) is 1.65. The SMILES string of the molecule is COCC(O)CNCc1c(F)cccc1N1CCCC1. The molecular formula is C15H23FN2O2. The van der Waals surface area contributed by atoms with Gasteiger partial charge in [0.15, 0.2) is 0 Å². The third-order valence-electron chi connectivity index (χ3n) is 3.58. The fraction of sp³-hybridized carbons (Fsp3) is 0.600. The minimum absolute atomic E-state index is 0.192. The van der Waals surface area contributed by atoms with E-state index in [4.69, 9.17) is 4.74 Å². The zero-order valence-electron chi connectivity index (χ0n) is 11.9. The highest BCUT2D eigenvalue weighted by molar-refractivity contribution is 5.54. The highest BCUT2D eigenvalue weighted by Crippen LogP contribution is 2.26. The van der Waals surface area contributed by atoms with E-state index in [1.807, 2.05) is 6.07 Å². The Morgan fingerprint density at radius 1 is 1.40 bits per heavy atom. The molecule has 1 unspecified atom stereocenters. The number of aliphatic hydroxyl groups is 1. The maximum atomic E-state index is 14.0. The fourth-order valence-electron chi connectivity index (χ4n) is 2.59. The van der Waals surface area contributed by atoms with Crippen molar-refractivity contribution in [3.8, 4) is 0 Å². The zero-order valence-corrected chi connectivity index (χ0v) is 11.9. The number of hydrogen-bond acceptors (Lipinski definition) is 4. The van der Waals surface area contributed by atoms with Crippen molar-refractivity contribution in [3.63, 3.8) is 0 Å². The molecule has 5 heteroatoms. The van der Waals surface area contributed by atoms with Crippen molar-refractivity contribution in [1.29, 1.82) is 0 Å². The first-order chi connectivity index (χ1) is 9.72. The molecule has 1 aliphatic heterocycles. The first-order valence-corrected chi connectivity index (χ1v) is 7.12. The van der Waals surface area contributed by atoms with Crippen molar-refractivity contribution >= 4 is 5.69 Å². The van der Waals surface area contributed by atoms with E-state index in [1.165, 1.54) is 6.07 Å². The number of nitrogens with zero attached hydrogens (tertiary/aromatic N) is 1. The Balaban J connectivity index is 1.98. The van der Waals surface area contributed by atoms with Crippen LogP contribution in [0.5, 0.6) is 0 Å². The van der Waals surface area contributed by atoms with Gasteiger partial charge in [-0.2, -0.15) is 0 Å². The number of methoxy groups -OCH3 is 1. The second kappa shape index (κ2) is 7.57. The molecule has 0 radical (unpaired) electrons. The monoisotopic (exact) mass is 282 g/mol. The largest absolute Gasteiger partial charge is 0.389 e. The summed E-state index contributed by atoms with van der Waals surface area (Å²) in [7, 11) is 1.55. The van der Waals surface area contributed by atoms with Crippen molar-refractivity contribution in [3.05, 3.63) is 29.6 Å². The van der Waals surface area contributed by atoms with Gasteiger partial charge < -0.3 is 20.1 Å². The van der Waals surface area contributed by atoms with Crippen LogP contribution in [0.3, 0.4) is 0 Å². The molecule has 1 atom stereocenters. The van der Waals surface area contributed by atoms with Gasteiger partial charge in [-0.25, -0.2) is 4.39 Å². The number of halogens is 1. The summed E-state index contributed by atoms with van der Waals surface area (Å²) in [6.07, 6.45) is 1.76. The maximum absolute atomic E-state index is 14.0. The van der Waals surface area contributed by atoms with Gasteiger partial charge in [0.05, 0.1) is 12.7 Å². The molecule has 0 amide bonds. The summed E-state index contributed by atoms with van der Waals surface area (Å²) < 4.78 is 18.9. The summed E-state index contributed by atoms with van der Waals surface area (Å²) >= 11 is 0. The van der Waals surface area contributed by atoms with E-state index in [0.717, 1.165) is 31.6 Å². The first kappa shape index (κ1) is 15.2. The van der Waals surface area contributed by atoms with Gasteiger partial charge in [-0.15, -0.1) is 0 Å². The molecule has 0 aromatic heterocycles. The van der Waals surface area contributed by atoms with Gasteiger partial charge in [0.1, 0.15) is 5.82 Å². The third-order valence-corrected chi connectivity index (χ3v) is 3.58. The standard InChI is InChI=1S/C15H23FN2O2/c1-20-11-12(19)9-17-10-13-14(16)5-4-6-15(13)18-7-2-3-8-18/h4-6,12,17,19H,2-3,7-11H2,1H3. The molecule has 1 aromatic rings. The average Bonchev–Trinajstić information content (AvgIpc) is 2.94. The Bertz CT molecular complexity index is 422. The van der Waals surface area contributed by atoms with Crippen LogP contribution in [-0.4, -0.2) is 44.6 Å². The van der Waals surface area contributed by atoms with Crippen molar-refractivity contribution in [1.82, 2.24) is 5.32 Å². The van der Waals surface area contributed by atoms with Gasteiger partial charge in [0.25, 0.3) is 0 Å². The number of ether oxygens (including phenoxy) is 1. The van der Waals surface area contributed by atoms with Gasteiger partial charge in [0.2, 0.25) is 0 Å². The van der Waals surface area contributed by atoms with Crippen LogP contribution in [-0.2, 0) is 11.3 Å². The molecule has 2 N–H and O–H groups in total. The second-order valence-corrected chi connectivity index (χ2v) is 5.17. The number of nitrogens with one attached hydrogen (secondary N) is 1. The Kier molecular flexibility index (Phi) is 5.76. The van der Waals surface area contributed by atoms with Crippen LogP contribution in [0.15, 0.2) is 18.2 Å². The summed E-state index contributed by atoms with van der Waals surface area (Å²) in [5.74, 6) is -0.192. The Morgan fingerprint density at radius 3 is 2.85 bits per heavy atom. The molecule has 1 aromatic carbocycles. The minimum Gasteiger partial charge on any atom is -0.389 e. The van der Waals surface area contributed by atoms with Crippen LogP contribution in [0.1, 0.15) is 18.4 Å². The second-order valence-electron chi connectivity index (χ2n) is 5.17. The predicted octanol–water partition coefficient (Wildman–Crippen LogP) is 1.52. The van der Waals surface area contributed by atoms with E-state index in [2.05, 4.69) is 10.2 Å². The van der Waals surface area contributed by atoms with Gasteiger partial charge >= 0.3 is 0 Å². The lowest BCUT2D eigenvalue weighted by Gasteiger charge is -2.22. The maximum Gasteiger partial charge on any atom is 0.129 e. The van der Waals surface area contributed by atoms with Crippen LogP contribution in [0.25, 0.3) is 0 Å². The molecule has 0 spiro atoms. The van der Waals surface area contributed by atoms with Crippen LogP contribution >= 0.6 is 0 Å². The molecule has 0 bridgehead atoms. The van der Waals surface area contributed by atoms with E-state index in [1.54, 1.807) is 13.2 Å². The van der Waals surface area contributed by atoms with Crippen LogP contribution < -0.4 is 10.2 Å². The van der Waals surface area contributed by atoms with Crippen molar-refractivity contribution < 1.29 is 14.2 Å². The number of hydrogen-bond donors (Lipinski definition) is 2. The summed E-state index contributed by atoms with van der Waals surface area (Å²) in [6, 6.07) is 5.21. The molecule has 0 aliphatic carbocycles. The number of benzene rings is 1. The normalized spacial score (nSPS) is 16.6. The smallest absolute Gasteiger partial charge is 0.129 e. The van der Waals surface area contributed by atoms with Crippen LogP contribution in [0.2, 0.25) is 0 Å². The minimum atomic E-state index is -0.568. The van der Waals surface area contributed by atoms with Crippen LogP contribution in [0.4, 0.5) is 10.1 Å². The molecule has 0 saturated carbocycles. The van der Waals surface area contributed by atoms with Crippen molar-refractivity contribution in [2.45, 2.75) is 25.5 Å².